The third-order valence-corrected chi connectivity index (χ3v) is 2.28. The molecule has 16 heavy (non-hydrogen) atoms. The monoisotopic (exact) mass is 217 g/mol. The normalized spacial score (nSPS) is 10.6. The van der Waals surface area contributed by atoms with E-state index in [1.807, 2.05) is 19.2 Å². The zero-order chi connectivity index (χ0) is 11.2. The van der Waals surface area contributed by atoms with Crippen molar-refractivity contribution in [3.63, 3.8) is 0 Å². The Hall–Kier alpha value is -1.75. The summed E-state index contributed by atoms with van der Waals surface area (Å²) >= 11 is 0. The minimum atomic E-state index is 0.786. The zero-order valence-corrected chi connectivity index (χ0v) is 9.27. The summed E-state index contributed by atoms with van der Waals surface area (Å²) in [6.45, 7) is 3.69. The van der Waals surface area contributed by atoms with Crippen LogP contribution in [-0.2, 0) is 13.0 Å². The van der Waals surface area contributed by atoms with Crippen LogP contribution in [0.1, 0.15) is 17.1 Å². The molecule has 2 aromatic heterocycles. The van der Waals surface area contributed by atoms with Crippen LogP contribution in [0.3, 0.4) is 0 Å². The van der Waals surface area contributed by atoms with Gasteiger partial charge in [-0.1, -0.05) is 6.07 Å². The number of aryl methyl sites for hydroxylation is 1. The minimum Gasteiger partial charge on any atom is -0.311 e. The van der Waals surface area contributed by atoms with Crippen LogP contribution in [0.5, 0.6) is 0 Å². The lowest BCUT2D eigenvalue weighted by atomic mass is 10.3. The lowest BCUT2D eigenvalue weighted by Gasteiger charge is -2.03. The first-order valence-electron chi connectivity index (χ1n) is 5.31. The number of nitrogens with zero attached hydrogens (tertiary/aromatic N) is 3. The van der Waals surface area contributed by atoms with Gasteiger partial charge < -0.3 is 5.32 Å². The van der Waals surface area contributed by atoms with Gasteiger partial charge in [-0.2, -0.15) is 5.10 Å². The maximum atomic E-state index is 4.31. The summed E-state index contributed by atoms with van der Waals surface area (Å²) in [4.78, 5) is 8.36. The molecule has 0 aliphatic heterocycles. The van der Waals surface area contributed by atoms with E-state index >= 15 is 0 Å². The van der Waals surface area contributed by atoms with Crippen LogP contribution in [0.4, 0.5) is 0 Å². The van der Waals surface area contributed by atoms with Gasteiger partial charge in [0, 0.05) is 25.7 Å². The Morgan fingerprint density at radius 2 is 2.25 bits per heavy atom. The first-order valence-corrected chi connectivity index (χ1v) is 5.31. The van der Waals surface area contributed by atoms with Crippen LogP contribution >= 0.6 is 0 Å². The fourth-order valence-electron chi connectivity index (χ4n) is 1.38. The second-order valence-electron chi connectivity index (χ2n) is 3.69. The first kappa shape index (κ1) is 10.8. The molecule has 2 aromatic rings. The van der Waals surface area contributed by atoms with Gasteiger partial charge in [-0.15, -0.1) is 0 Å². The average Bonchev–Trinajstić information content (AvgIpc) is 2.80. The van der Waals surface area contributed by atoms with Crippen molar-refractivity contribution < 1.29 is 0 Å². The highest BCUT2D eigenvalue weighted by Gasteiger charge is 1.96. The van der Waals surface area contributed by atoms with E-state index in [0.29, 0.717) is 0 Å². The summed E-state index contributed by atoms with van der Waals surface area (Å²) in [5, 5.41) is 9.93. The highest BCUT2D eigenvalue weighted by atomic mass is 15.2. The van der Waals surface area contributed by atoms with E-state index in [0.717, 1.165) is 31.0 Å². The van der Waals surface area contributed by atoms with Crippen LogP contribution in [0.2, 0.25) is 0 Å². The first-order chi connectivity index (χ1) is 7.84. The van der Waals surface area contributed by atoms with Gasteiger partial charge in [0.15, 0.2) is 0 Å². The number of H-pyrrole nitrogens is 1. The number of hydrogen-bond acceptors (Lipinski definition) is 4. The van der Waals surface area contributed by atoms with Gasteiger partial charge in [-0.25, -0.2) is 4.98 Å². The number of aromatic nitrogens is 4. The minimum absolute atomic E-state index is 0.786. The Balaban J connectivity index is 1.70. The molecule has 2 heterocycles. The van der Waals surface area contributed by atoms with Gasteiger partial charge in [-0.3, -0.25) is 10.1 Å². The van der Waals surface area contributed by atoms with E-state index in [1.54, 1.807) is 0 Å². The summed E-state index contributed by atoms with van der Waals surface area (Å²) in [7, 11) is 0. The number of aromatic amines is 1. The molecule has 0 fully saturated rings. The zero-order valence-electron chi connectivity index (χ0n) is 9.27. The van der Waals surface area contributed by atoms with Crippen molar-refractivity contribution >= 4 is 0 Å². The summed E-state index contributed by atoms with van der Waals surface area (Å²) in [6.07, 6.45) is 4.26. The molecule has 0 aliphatic carbocycles. The van der Waals surface area contributed by atoms with Gasteiger partial charge in [-0.05, 0) is 18.6 Å². The van der Waals surface area contributed by atoms with E-state index in [9.17, 15) is 0 Å². The third kappa shape index (κ3) is 3.13. The predicted molar refractivity (Wildman–Crippen MR) is 60.8 cm³/mol. The van der Waals surface area contributed by atoms with Crippen molar-refractivity contribution in [1.82, 2.24) is 25.5 Å². The average molecular weight is 217 g/mol. The molecular weight excluding hydrogens is 202 g/mol. The fraction of sp³-hybridized carbons (Fsp3) is 0.364. The number of nitrogens with one attached hydrogen (secondary N) is 2. The molecule has 0 aromatic carbocycles. The van der Waals surface area contributed by atoms with Crippen molar-refractivity contribution in [3.05, 3.63) is 41.7 Å². The highest BCUT2D eigenvalue weighted by molar-refractivity contribution is 5.11. The maximum Gasteiger partial charge on any atom is 0.137 e. The fourth-order valence-corrected chi connectivity index (χ4v) is 1.38. The molecule has 5 heteroatoms. The topological polar surface area (TPSA) is 66.5 Å². The van der Waals surface area contributed by atoms with Gasteiger partial charge in [0.25, 0.3) is 0 Å². The number of hydrogen-bond donors (Lipinski definition) is 2. The van der Waals surface area contributed by atoms with E-state index in [4.69, 9.17) is 0 Å². The van der Waals surface area contributed by atoms with Gasteiger partial charge in [0.1, 0.15) is 12.2 Å². The quantitative estimate of drug-likeness (QED) is 0.728. The van der Waals surface area contributed by atoms with Crippen LogP contribution < -0.4 is 5.32 Å². The van der Waals surface area contributed by atoms with Crippen LogP contribution in [0, 0.1) is 6.92 Å². The smallest absolute Gasteiger partial charge is 0.137 e. The number of rotatable bonds is 5. The lowest BCUT2D eigenvalue weighted by molar-refractivity contribution is 0.661. The molecule has 0 amide bonds. The lowest BCUT2D eigenvalue weighted by Crippen LogP contribution is -2.17. The summed E-state index contributed by atoms with van der Waals surface area (Å²) in [5.74, 6) is 0.907. The Morgan fingerprint density at radius 3 is 2.94 bits per heavy atom. The highest BCUT2D eigenvalue weighted by Crippen LogP contribution is 1.97. The molecule has 0 spiro atoms. The largest absolute Gasteiger partial charge is 0.311 e. The second kappa shape index (κ2) is 5.37. The standard InChI is InChI=1S/C11H15N5/c1-9-2-3-10(13-6-9)7-12-5-4-11-14-8-15-16-11/h2-3,6,8,12H,4-5,7H2,1H3,(H,14,15,16). The SMILES string of the molecule is Cc1ccc(CNCCc2ncn[nH]2)nc1. The molecule has 0 radical (unpaired) electrons. The van der Waals surface area contributed by atoms with Crippen molar-refractivity contribution in [1.29, 1.82) is 0 Å². The molecular formula is C11H15N5. The van der Waals surface area contributed by atoms with Crippen LogP contribution in [0.15, 0.2) is 24.7 Å². The van der Waals surface area contributed by atoms with E-state index < -0.39 is 0 Å². The second-order valence-corrected chi connectivity index (χ2v) is 3.69. The van der Waals surface area contributed by atoms with Gasteiger partial charge in [0.2, 0.25) is 0 Å². The Morgan fingerprint density at radius 1 is 1.31 bits per heavy atom. The van der Waals surface area contributed by atoms with E-state index in [-0.39, 0.29) is 0 Å². The third-order valence-electron chi connectivity index (χ3n) is 2.28. The maximum absolute atomic E-state index is 4.31. The summed E-state index contributed by atoms with van der Waals surface area (Å²) in [5.41, 5.74) is 2.24. The molecule has 84 valence electrons. The molecule has 0 unspecified atom stereocenters. The molecule has 2 N–H and O–H groups in total. The van der Waals surface area contributed by atoms with Crippen molar-refractivity contribution in [2.45, 2.75) is 19.9 Å². The van der Waals surface area contributed by atoms with Gasteiger partial charge >= 0.3 is 0 Å². The van der Waals surface area contributed by atoms with E-state index in [2.05, 4.69) is 31.5 Å². The Labute approximate surface area is 94.3 Å². The molecule has 0 saturated heterocycles. The molecule has 0 saturated carbocycles. The van der Waals surface area contributed by atoms with Crippen LogP contribution in [0.25, 0.3) is 0 Å². The molecule has 0 bridgehead atoms. The molecule has 0 atom stereocenters. The Bertz CT molecular complexity index is 406. The van der Waals surface area contributed by atoms with Crippen molar-refractivity contribution in [2.75, 3.05) is 6.54 Å². The molecule has 0 aliphatic rings. The molecule has 5 nitrogen and oxygen atoms in total. The van der Waals surface area contributed by atoms with Crippen LogP contribution in [-0.4, -0.2) is 26.7 Å². The predicted octanol–water partition coefficient (Wildman–Crippen LogP) is 0.840. The van der Waals surface area contributed by atoms with E-state index in [1.165, 1.54) is 11.9 Å². The summed E-state index contributed by atoms with van der Waals surface area (Å²) < 4.78 is 0. The Kier molecular flexibility index (Phi) is 3.61. The van der Waals surface area contributed by atoms with Gasteiger partial charge in [0.05, 0.1) is 5.69 Å². The van der Waals surface area contributed by atoms with Crippen molar-refractivity contribution in [2.24, 2.45) is 0 Å². The van der Waals surface area contributed by atoms with Crippen molar-refractivity contribution in [3.8, 4) is 0 Å². The number of pyridine rings is 1. The summed E-state index contributed by atoms with van der Waals surface area (Å²) in [6, 6.07) is 4.11. The molecule has 2 rings (SSSR count).